The molecule has 1 rings (SSSR count). The molecule has 0 saturated carbocycles. The Labute approximate surface area is 82.6 Å². The van der Waals surface area contributed by atoms with Crippen molar-refractivity contribution in [1.29, 1.82) is 0 Å². The zero-order valence-electron chi connectivity index (χ0n) is 8.10. The molecule has 0 fully saturated rings. The van der Waals surface area contributed by atoms with E-state index < -0.39 is 0 Å². The van der Waals surface area contributed by atoms with Gasteiger partial charge in [-0.15, -0.1) is 6.58 Å². The molecule has 1 atom stereocenters. The van der Waals surface area contributed by atoms with Gasteiger partial charge in [0.05, 0.1) is 0 Å². The number of anilines is 1. The Hall–Kier alpha value is -1.78. The molecule has 0 bridgehead atoms. The van der Waals surface area contributed by atoms with Crippen LogP contribution in [0.4, 0.5) is 5.82 Å². The van der Waals surface area contributed by atoms with Crippen molar-refractivity contribution in [1.82, 2.24) is 15.1 Å². The molecule has 1 aromatic heterocycles. The number of aromatic nitrogens is 2. The minimum absolute atomic E-state index is 0.0320. The second-order valence-corrected chi connectivity index (χ2v) is 3.03. The quantitative estimate of drug-likeness (QED) is 0.670. The average molecular weight is 194 g/mol. The normalized spacial score (nSPS) is 12.1. The summed E-state index contributed by atoms with van der Waals surface area (Å²) in [5.74, 6) is 0.301. The first-order valence-corrected chi connectivity index (χ1v) is 4.32. The van der Waals surface area contributed by atoms with Gasteiger partial charge in [0.2, 0.25) is 5.91 Å². The fourth-order valence-corrected chi connectivity index (χ4v) is 0.971. The van der Waals surface area contributed by atoms with E-state index in [2.05, 4.69) is 17.0 Å². The maximum absolute atomic E-state index is 11.3. The average Bonchev–Trinajstić information content (AvgIpc) is 2.50. The molecule has 0 radical (unpaired) electrons. The molecular weight excluding hydrogens is 180 g/mol. The van der Waals surface area contributed by atoms with Crippen LogP contribution in [0.25, 0.3) is 0 Å². The topological polar surface area (TPSA) is 72.9 Å². The lowest BCUT2D eigenvalue weighted by Crippen LogP contribution is -2.33. The van der Waals surface area contributed by atoms with Crippen LogP contribution in [-0.4, -0.2) is 21.7 Å². The third-order valence-corrected chi connectivity index (χ3v) is 1.71. The number of nitrogens with zero attached hydrogens (tertiary/aromatic N) is 2. The molecule has 1 unspecified atom stereocenters. The Balaban J connectivity index is 2.45. The number of carbonyl (C=O) groups is 1. The molecule has 0 saturated heterocycles. The lowest BCUT2D eigenvalue weighted by molar-refractivity contribution is -0.122. The van der Waals surface area contributed by atoms with E-state index in [9.17, 15) is 4.79 Å². The van der Waals surface area contributed by atoms with Gasteiger partial charge in [-0.25, -0.2) is 0 Å². The molecular formula is C9H14N4O. The van der Waals surface area contributed by atoms with Crippen molar-refractivity contribution < 1.29 is 4.79 Å². The molecule has 1 amide bonds. The zero-order valence-corrected chi connectivity index (χ0v) is 8.10. The first-order valence-electron chi connectivity index (χ1n) is 4.32. The fourth-order valence-electron chi connectivity index (χ4n) is 0.971. The van der Waals surface area contributed by atoms with E-state index in [0.29, 0.717) is 5.82 Å². The summed E-state index contributed by atoms with van der Waals surface area (Å²) < 4.78 is 1.49. The predicted octanol–water partition coefficient (Wildman–Crippen LogP) is 0.156. The molecule has 5 nitrogen and oxygen atoms in total. The molecule has 0 aliphatic rings. The highest BCUT2D eigenvalue weighted by Crippen LogP contribution is 1.95. The molecule has 0 aliphatic carbocycles. The minimum Gasteiger partial charge on any atom is -0.382 e. The fraction of sp³-hybridized carbons (Fsp3) is 0.333. The third-order valence-electron chi connectivity index (χ3n) is 1.71. The standard InChI is InChI=1S/C9H14N4O/c1-3-7(2)11-9(14)6-13-5-4-8(10)12-13/h3-5,7H,1,6H2,2H3,(H2,10,12)(H,11,14). The van der Waals surface area contributed by atoms with Gasteiger partial charge < -0.3 is 11.1 Å². The number of rotatable bonds is 4. The van der Waals surface area contributed by atoms with Crippen LogP contribution in [0.2, 0.25) is 0 Å². The van der Waals surface area contributed by atoms with Gasteiger partial charge in [0.25, 0.3) is 0 Å². The smallest absolute Gasteiger partial charge is 0.242 e. The van der Waals surface area contributed by atoms with Gasteiger partial charge in [0.15, 0.2) is 0 Å². The summed E-state index contributed by atoms with van der Waals surface area (Å²) in [6.07, 6.45) is 3.32. The molecule has 0 aromatic carbocycles. The number of nitrogen functional groups attached to an aromatic ring is 1. The van der Waals surface area contributed by atoms with Gasteiger partial charge >= 0.3 is 0 Å². The Morgan fingerprint density at radius 1 is 1.93 bits per heavy atom. The zero-order chi connectivity index (χ0) is 10.6. The monoisotopic (exact) mass is 194 g/mol. The SMILES string of the molecule is C=CC(C)NC(=O)Cn1ccc(N)n1. The maximum atomic E-state index is 11.3. The van der Waals surface area contributed by atoms with Crippen molar-refractivity contribution in [3.8, 4) is 0 Å². The number of carbonyl (C=O) groups excluding carboxylic acids is 1. The summed E-state index contributed by atoms with van der Waals surface area (Å²) in [4.78, 5) is 11.3. The van der Waals surface area contributed by atoms with Crippen molar-refractivity contribution >= 4 is 11.7 Å². The van der Waals surface area contributed by atoms with Gasteiger partial charge in [-0.2, -0.15) is 5.10 Å². The van der Waals surface area contributed by atoms with Crippen LogP contribution in [0.1, 0.15) is 6.92 Å². The van der Waals surface area contributed by atoms with Gasteiger partial charge in [0, 0.05) is 12.2 Å². The molecule has 1 heterocycles. The Morgan fingerprint density at radius 3 is 3.14 bits per heavy atom. The molecule has 14 heavy (non-hydrogen) atoms. The maximum Gasteiger partial charge on any atom is 0.242 e. The Bertz CT molecular complexity index is 331. The molecule has 0 spiro atoms. The van der Waals surface area contributed by atoms with Crippen molar-refractivity contribution in [3.63, 3.8) is 0 Å². The van der Waals surface area contributed by atoms with Crippen LogP contribution in [0, 0.1) is 0 Å². The third kappa shape index (κ3) is 2.93. The van der Waals surface area contributed by atoms with E-state index in [1.165, 1.54) is 4.68 Å². The summed E-state index contributed by atoms with van der Waals surface area (Å²) in [7, 11) is 0. The minimum atomic E-state index is -0.111. The van der Waals surface area contributed by atoms with Crippen LogP contribution in [0.3, 0.4) is 0 Å². The van der Waals surface area contributed by atoms with Gasteiger partial charge in [0.1, 0.15) is 12.4 Å². The molecule has 5 heteroatoms. The van der Waals surface area contributed by atoms with E-state index in [0.717, 1.165) is 0 Å². The van der Waals surface area contributed by atoms with Crippen molar-refractivity contribution in [2.45, 2.75) is 19.5 Å². The summed E-state index contributed by atoms with van der Waals surface area (Å²) in [6, 6.07) is 1.61. The van der Waals surface area contributed by atoms with Crippen LogP contribution < -0.4 is 11.1 Å². The second kappa shape index (κ2) is 4.45. The summed E-state index contributed by atoms with van der Waals surface area (Å²) >= 11 is 0. The number of nitrogens with one attached hydrogen (secondary N) is 1. The lowest BCUT2D eigenvalue weighted by Gasteiger charge is -2.08. The van der Waals surface area contributed by atoms with Crippen LogP contribution >= 0.6 is 0 Å². The molecule has 0 aliphatic heterocycles. The largest absolute Gasteiger partial charge is 0.382 e. The summed E-state index contributed by atoms with van der Waals surface area (Å²) in [6.45, 7) is 5.59. The summed E-state index contributed by atoms with van der Waals surface area (Å²) in [5, 5.41) is 6.62. The number of nitrogens with two attached hydrogens (primary N) is 1. The van der Waals surface area contributed by atoms with Crippen LogP contribution in [0.5, 0.6) is 0 Å². The van der Waals surface area contributed by atoms with Gasteiger partial charge in [-0.1, -0.05) is 6.08 Å². The van der Waals surface area contributed by atoms with Gasteiger partial charge in [-0.3, -0.25) is 9.48 Å². The number of hydrogen-bond donors (Lipinski definition) is 2. The first kappa shape index (κ1) is 10.3. The first-order chi connectivity index (χ1) is 6.61. The molecule has 1 aromatic rings. The summed E-state index contributed by atoms with van der Waals surface area (Å²) in [5.41, 5.74) is 5.40. The molecule has 76 valence electrons. The van der Waals surface area contributed by atoms with E-state index in [-0.39, 0.29) is 18.5 Å². The second-order valence-electron chi connectivity index (χ2n) is 3.03. The van der Waals surface area contributed by atoms with Crippen molar-refractivity contribution in [2.24, 2.45) is 0 Å². The van der Waals surface area contributed by atoms with Crippen LogP contribution in [0.15, 0.2) is 24.9 Å². The Kier molecular flexibility index (Phi) is 3.28. The van der Waals surface area contributed by atoms with Gasteiger partial charge in [-0.05, 0) is 13.0 Å². The van der Waals surface area contributed by atoms with Crippen LogP contribution in [-0.2, 0) is 11.3 Å². The number of hydrogen-bond acceptors (Lipinski definition) is 3. The molecule has 3 N–H and O–H groups in total. The van der Waals surface area contributed by atoms with E-state index >= 15 is 0 Å². The van der Waals surface area contributed by atoms with E-state index in [1.807, 2.05) is 6.92 Å². The highest BCUT2D eigenvalue weighted by atomic mass is 16.2. The predicted molar refractivity (Wildman–Crippen MR) is 54.4 cm³/mol. The lowest BCUT2D eigenvalue weighted by atomic mass is 10.3. The highest BCUT2D eigenvalue weighted by Gasteiger charge is 2.05. The van der Waals surface area contributed by atoms with E-state index in [4.69, 9.17) is 5.73 Å². The van der Waals surface area contributed by atoms with E-state index in [1.54, 1.807) is 18.3 Å². The highest BCUT2D eigenvalue weighted by molar-refractivity contribution is 5.76. The van der Waals surface area contributed by atoms with Crippen molar-refractivity contribution in [3.05, 3.63) is 24.9 Å². The number of amides is 1. The Morgan fingerprint density at radius 2 is 2.64 bits per heavy atom. The van der Waals surface area contributed by atoms with Crippen molar-refractivity contribution in [2.75, 3.05) is 5.73 Å².